The number of ether oxygens (including phenoxy) is 1. The van der Waals surface area contributed by atoms with Crippen molar-refractivity contribution in [2.45, 2.75) is 12.8 Å². The minimum atomic E-state index is 0.668. The van der Waals surface area contributed by atoms with E-state index < -0.39 is 0 Å². The molecule has 0 aromatic heterocycles. The second kappa shape index (κ2) is 4.01. The van der Waals surface area contributed by atoms with Gasteiger partial charge in [0.1, 0.15) is 5.75 Å². The van der Waals surface area contributed by atoms with Crippen LogP contribution in [-0.4, -0.2) is 20.2 Å². The van der Waals surface area contributed by atoms with Gasteiger partial charge >= 0.3 is 0 Å². The van der Waals surface area contributed by atoms with Crippen molar-refractivity contribution in [1.82, 2.24) is 5.32 Å². The highest BCUT2D eigenvalue weighted by atomic mass is 16.5. The molecule has 2 nitrogen and oxygen atoms in total. The van der Waals surface area contributed by atoms with Crippen molar-refractivity contribution in [2.24, 2.45) is 5.92 Å². The van der Waals surface area contributed by atoms with Gasteiger partial charge in [0.25, 0.3) is 0 Å². The first-order valence-corrected chi connectivity index (χ1v) is 5.16. The average molecular weight is 191 g/mol. The number of methoxy groups -OCH3 is 1. The molecular formula is C12H17NO. The normalized spacial score (nSPS) is 26.4. The van der Waals surface area contributed by atoms with Crippen LogP contribution in [0.1, 0.15) is 18.4 Å². The smallest absolute Gasteiger partial charge is 0.118 e. The molecule has 1 aliphatic heterocycles. The minimum Gasteiger partial charge on any atom is -0.497 e. The Bertz CT molecular complexity index is 294. The quantitative estimate of drug-likeness (QED) is 0.772. The molecule has 0 bridgehead atoms. The minimum absolute atomic E-state index is 0.668. The third-order valence-electron chi connectivity index (χ3n) is 3.06. The molecule has 2 atom stereocenters. The van der Waals surface area contributed by atoms with Crippen LogP contribution in [0.4, 0.5) is 0 Å². The van der Waals surface area contributed by atoms with Crippen LogP contribution >= 0.6 is 0 Å². The van der Waals surface area contributed by atoms with E-state index in [2.05, 4.69) is 24.4 Å². The molecule has 0 saturated carbocycles. The molecule has 0 spiro atoms. The Labute approximate surface area is 85.3 Å². The molecule has 1 aromatic carbocycles. The summed E-state index contributed by atoms with van der Waals surface area (Å²) in [6.07, 6.45) is 0. The first kappa shape index (κ1) is 9.53. The third-order valence-corrected chi connectivity index (χ3v) is 3.06. The van der Waals surface area contributed by atoms with Crippen LogP contribution in [0, 0.1) is 5.92 Å². The Morgan fingerprint density at radius 1 is 1.21 bits per heavy atom. The Morgan fingerprint density at radius 3 is 2.43 bits per heavy atom. The van der Waals surface area contributed by atoms with Crippen LogP contribution in [0.2, 0.25) is 0 Å². The van der Waals surface area contributed by atoms with Crippen molar-refractivity contribution < 1.29 is 4.74 Å². The van der Waals surface area contributed by atoms with Crippen molar-refractivity contribution in [3.05, 3.63) is 29.8 Å². The van der Waals surface area contributed by atoms with Crippen LogP contribution in [0.3, 0.4) is 0 Å². The molecular weight excluding hydrogens is 174 g/mol. The molecule has 14 heavy (non-hydrogen) atoms. The van der Waals surface area contributed by atoms with Gasteiger partial charge in [-0.2, -0.15) is 0 Å². The van der Waals surface area contributed by atoms with Crippen molar-refractivity contribution in [3.63, 3.8) is 0 Å². The highest BCUT2D eigenvalue weighted by Gasteiger charge is 2.24. The molecule has 0 radical (unpaired) electrons. The molecule has 0 aliphatic carbocycles. The topological polar surface area (TPSA) is 21.3 Å². The van der Waals surface area contributed by atoms with Gasteiger partial charge in [0, 0.05) is 12.5 Å². The van der Waals surface area contributed by atoms with Gasteiger partial charge < -0.3 is 10.1 Å². The van der Waals surface area contributed by atoms with E-state index in [-0.39, 0.29) is 0 Å². The van der Waals surface area contributed by atoms with Gasteiger partial charge in [-0.1, -0.05) is 19.1 Å². The molecule has 1 unspecified atom stereocenters. The summed E-state index contributed by atoms with van der Waals surface area (Å²) in [6.45, 7) is 4.54. The predicted molar refractivity (Wildman–Crippen MR) is 57.8 cm³/mol. The number of nitrogens with one attached hydrogen (secondary N) is 1. The number of hydrogen-bond acceptors (Lipinski definition) is 2. The standard InChI is InChI=1S/C12H17NO/c1-9-7-13-8-12(9)10-3-5-11(14-2)6-4-10/h3-6,9,12-13H,7-8H2,1-2H3/t9-,12?/m1/s1. The van der Waals surface area contributed by atoms with E-state index in [0.29, 0.717) is 5.92 Å². The highest BCUT2D eigenvalue weighted by molar-refractivity contribution is 5.30. The van der Waals surface area contributed by atoms with Crippen LogP contribution in [0.25, 0.3) is 0 Å². The van der Waals surface area contributed by atoms with Crippen molar-refractivity contribution >= 4 is 0 Å². The first-order valence-electron chi connectivity index (χ1n) is 5.16. The largest absolute Gasteiger partial charge is 0.497 e. The van der Waals surface area contributed by atoms with Gasteiger partial charge in [0.2, 0.25) is 0 Å². The maximum absolute atomic E-state index is 5.14. The van der Waals surface area contributed by atoms with Crippen LogP contribution in [0.5, 0.6) is 5.75 Å². The molecule has 2 heteroatoms. The average Bonchev–Trinajstić information content (AvgIpc) is 2.65. The zero-order chi connectivity index (χ0) is 9.97. The fraction of sp³-hybridized carbons (Fsp3) is 0.500. The van der Waals surface area contributed by atoms with E-state index in [9.17, 15) is 0 Å². The second-order valence-electron chi connectivity index (χ2n) is 4.02. The Hall–Kier alpha value is -1.02. The Morgan fingerprint density at radius 2 is 1.93 bits per heavy atom. The summed E-state index contributed by atoms with van der Waals surface area (Å²) in [5, 5.41) is 3.42. The summed E-state index contributed by atoms with van der Waals surface area (Å²) in [4.78, 5) is 0. The van der Waals surface area contributed by atoms with Gasteiger partial charge in [-0.3, -0.25) is 0 Å². The Kier molecular flexibility index (Phi) is 2.73. The molecule has 1 fully saturated rings. The van der Waals surface area contributed by atoms with E-state index in [4.69, 9.17) is 4.74 Å². The lowest BCUT2D eigenvalue weighted by Crippen LogP contribution is -2.07. The molecule has 1 aliphatic rings. The summed E-state index contributed by atoms with van der Waals surface area (Å²) in [5.74, 6) is 2.34. The van der Waals surface area contributed by atoms with Crippen LogP contribution in [0.15, 0.2) is 24.3 Å². The van der Waals surface area contributed by atoms with Crippen molar-refractivity contribution in [2.75, 3.05) is 20.2 Å². The lowest BCUT2D eigenvalue weighted by atomic mass is 9.90. The fourth-order valence-electron chi connectivity index (χ4n) is 2.11. The van der Waals surface area contributed by atoms with Gasteiger partial charge in [-0.25, -0.2) is 0 Å². The summed E-state index contributed by atoms with van der Waals surface area (Å²) < 4.78 is 5.14. The van der Waals surface area contributed by atoms with Gasteiger partial charge in [0.05, 0.1) is 7.11 Å². The maximum atomic E-state index is 5.14. The number of benzene rings is 1. The lowest BCUT2D eigenvalue weighted by molar-refractivity contribution is 0.414. The van der Waals surface area contributed by atoms with E-state index in [1.807, 2.05) is 12.1 Å². The zero-order valence-corrected chi connectivity index (χ0v) is 8.79. The summed E-state index contributed by atoms with van der Waals surface area (Å²) in [7, 11) is 1.70. The molecule has 2 rings (SSSR count). The van der Waals surface area contributed by atoms with E-state index >= 15 is 0 Å². The van der Waals surface area contributed by atoms with E-state index in [1.165, 1.54) is 5.56 Å². The van der Waals surface area contributed by atoms with E-state index in [1.54, 1.807) is 7.11 Å². The third kappa shape index (κ3) is 1.75. The fourth-order valence-corrected chi connectivity index (χ4v) is 2.11. The summed E-state index contributed by atoms with van der Waals surface area (Å²) >= 11 is 0. The molecule has 1 saturated heterocycles. The molecule has 76 valence electrons. The zero-order valence-electron chi connectivity index (χ0n) is 8.79. The molecule has 1 aromatic rings. The van der Waals surface area contributed by atoms with Gasteiger partial charge in [-0.15, -0.1) is 0 Å². The second-order valence-corrected chi connectivity index (χ2v) is 4.02. The SMILES string of the molecule is COc1ccc(C2CNC[C@H]2C)cc1. The van der Waals surface area contributed by atoms with E-state index in [0.717, 1.165) is 24.8 Å². The lowest BCUT2D eigenvalue weighted by Gasteiger charge is -2.14. The van der Waals surface area contributed by atoms with Gasteiger partial charge in [0.15, 0.2) is 0 Å². The first-order chi connectivity index (χ1) is 6.81. The molecule has 0 amide bonds. The predicted octanol–water partition coefficient (Wildman–Crippen LogP) is 2.02. The number of hydrogen-bond donors (Lipinski definition) is 1. The van der Waals surface area contributed by atoms with Crippen LogP contribution < -0.4 is 10.1 Å². The maximum Gasteiger partial charge on any atom is 0.118 e. The summed E-state index contributed by atoms with van der Waals surface area (Å²) in [5.41, 5.74) is 1.42. The summed E-state index contributed by atoms with van der Waals surface area (Å²) in [6, 6.07) is 8.43. The molecule has 1 heterocycles. The van der Waals surface area contributed by atoms with Crippen molar-refractivity contribution in [3.8, 4) is 5.75 Å². The monoisotopic (exact) mass is 191 g/mol. The molecule has 1 N–H and O–H groups in total. The van der Waals surface area contributed by atoms with Crippen LogP contribution in [-0.2, 0) is 0 Å². The highest BCUT2D eigenvalue weighted by Crippen LogP contribution is 2.28. The van der Waals surface area contributed by atoms with Crippen molar-refractivity contribution in [1.29, 1.82) is 0 Å². The van der Waals surface area contributed by atoms with Gasteiger partial charge in [-0.05, 0) is 30.2 Å². The number of rotatable bonds is 2. The Balaban J connectivity index is 2.16.